The molecule has 0 radical (unpaired) electrons. The molecule has 0 saturated carbocycles. The molecule has 18 heavy (non-hydrogen) atoms. The Balaban J connectivity index is 3.43. The van der Waals surface area contributed by atoms with Gasteiger partial charge in [0.25, 0.3) is 0 Å². The Labute approximate surface area is 113 Å². The second kappa shape index (κ2) is 10.4. The molecule has 108 valence electrons. The van der Waals surface area contributed by atoms with E-state index in [2.05, 4.69) is 27.7 Å². The molecule has 0 aliphatic rings. The summed E-state index contributed by atoms with van der Waals surface area (Å²) in [6.07, 6.45) is 8.94. The average molecular weight is 256 g/mol. The zero-order chi connectivity index (χ0) is 14.0. The number of aliphatic carboxylic acids is 1. The van der Waals surface area contributed by atoms with Gasteiger partial charge in [-0.05, 0) is 24.2 Å². The molecule has 1 N–H and O–H groups in total. The maximum absolute atomic E-state index is 10.5. The topological polar surface area (TPSA) is 37.3 Å². The minimum Gasteiger partial charge on any atom is -0.481 e. The Morgan fingerprint density at radius 1 is 0.833 bits per heavy atom. The highest BCUT2D eigenvalue weighted by Crippen LogP contribution is 2.20. The van der Waals surface area contributed by atoms with Gasteiger partial charge in [-0.15, -0.1) is 0 Å². The maximum atomic E-state index is 10.5. The Hall–Kier alpha value is -0.530. The molecule has 2 unspecified atom stereocenters. The minimum absolute atomic E-state index is 0.325. The van der Waals surface area contributed by atoms with Crippen LogP contribution in [0.3, 0.4) is 0 Å². The molecule has 0 bridgehead atoms. The molecular weight excluding hydrogens is 224 g/mol. The van der Waals surface area contributed by atoms with E-state index in [4.69, 9.17) is 5.11 Å². The second-order valence-electron chi connectivity index (χ2n) is 6.40. The molecule has 2 heteroatoms. The summed E-state index contributed by atoms with van der Waals surface area (Å²) >= 11 is 0. The van der Waals surface area contributed by atoms with E-state index in [-0.39, 0.29) is 0 Å². The molecule has 0 aromatic carbocycles. The number of rotatable bonds is 11. The van der Waals surface area contributed by atoms with Crippen LogP contribution in [0, 0.1) is 17.8 Å². The summed E-state index contributed by atoms with van der Waals surface area (Å²) in [4.78, 5) is 10.5. The number of carboxylic acid groups (broad SMARTS) is 1. The van der Waals surface area contributed by atoms with Crippen molar-refractivity contribution in [2.75, 3.05) is 0 Å². The molecule has 0 aromatic heterocycles. The summed E-state index contributed by atoms with van der Waals surface area (Å²) in [5.41, 5.74) is 0. The number of hydrogen-bond donors (Lipinski definition) is 1. The highest BCUT2D eigenvalue weighted by molar-refractivity contribution is 5.66. The predicted molar refractivity (Wildman–Crippen MR) is 77.7 cm³/mol. The van der Waals surface area contributed by atoms with E-state index in [0.717, 1.165) is 18.3 Å². The van der Waals surface area contributed by atoms with Crippen LogP contribution in [-0.2, 0) is 4.79 Å². The third kappa shape index (κ3) is 11.9. The first-order valence-electron chi connectivity index (χ1n) is 7.63. The Kier molecular flexibility index (Phi) is 10.1. The van der Waals surface area contributed by atoms with E-state index in [1.807, 2.05) is 0 Å². The lowest BCUT2D eigenvalue weighted by Gasteiger charge is -2.14. The van der Waals surface area contributed by atoms with Gasteiger partial charge in [-0.2, -0.15) is 0 Å². The lowest BCUT2D eigenvalue weighted by Crippen LogP contribution is -2.02. The summed E-state index contributed by atoms with van der Waals surface area (Å²) in [5.74, 6) is 1.55. The van der Waals surface area contributed by atoms with Gasteiger partial charge in [0, 0.05) is 6.42 Å². The second-order valence-corrected chi connectivity index (χ2v) is 6.40. The van der Waals surface area contributed by atoms with Crippen LogP contribution in [0.5, 0.6) is 0 Å². The van der Waals surface area contributed by atoms with Crippen LogP contribution < -0.4 is 0 Å². The molecule has 0 aromatic rings. The highest BCUT2D eigenvalue weighted by atomic mass is 16.4. The molecule has 0 amide bonds. The molecule has 2 atom stereocenters. The zero-order valence-corrected chi connectivity index (χ0v) is 12.7. The molecule has 0 fully saturated rings. The smallest absolute Gasteiger partial charge is 0.303 e. The van der Waals surface area contributed by atoms with Crippen molar-refractivity contribution in [3.63, 3.8) is 0 Å². The SMILES string of the molecule is CC(C)CCCC(C)CCCC(C)CCC(=O)O. The van der Waals surface area contributed by atoms with Gasteiger partial charge in [0.15, 0.2) is 0 Å². The first kappa shape index (κ1) is 17.5. The number of carboxylic acids is 1. The van der Waals surface area contributed by atoms with Gasteiger partial charge in [-0.3, -0.25) is 4.79 Å². The quantitative estimate of drug-likeness (QED) is 0.557. The standard InChI is InChI=1S/C16H32O2/c1-13(2)7-5-8-14(3)9-6-10-15(4)11-12-16(17)18/h13-15H,5-12H2,1-4H3,(H,17,18). The molecule has 2 nitrogen and oxygen atoms in total. The molecule has 0 aliphatic carbocycles. The van der Waals surface area contributed by atoms with Crippen molar-refractivity contribution in [2.24, 2.45) is 17.8 Å². The average Bonchev–Trinajstić information content (AvgIpc) is 2.25. The van der Waals surface area contributed by atoms with Crippen LogP contribution >= 0.6 is 0 Å². The first-order valence-corrected chi connectivity index (χ1v) is 7.63. The summed E-state index contributed by atoms with van der Waals surface area (Å²) in [5, 5.41) is 8.62. The van der Waals surface area contributed by atoms with Crippen LogP contribution in [0.2, 0.25) is 0 Å². The van der Waals surface area contributed by atoms with Crippen molar-refractivity contribution >= 4 is 5.97 Å². The van der Waals surface area contributed by atoms with Gasteiger partial charge in [0.05, 0.1) is 0 Å². The van der Waals surface area contributed by atoms with Crippen molar-refractivity contribution in [3.05, 3.63) is 0 Å². The minimum atomic E-state index is -0.663. The third-order valence-electron chi connectivity index (χ3n) is 3.72. The van der Waals surface area contributed by atoms with E-state index in [1.54, 1.807) is 0 Å². The van der Waals surface area contributed by atoms with E-state index in [0.29, 0.717) is 12.3 Å². The maximum Gasteiger partial charge on any atom is 0.303 e. The largest absolute Gasteiger partial charge is 0.481 e. The van der Waals surface area contributed by atoms with E-state index in [9.17, 15) is 4.79 Å². The van der Waals surface area contributed by atoms with Gasteiger partial charge < -0.3 is 5.11 Å². The van der Waals surface area contributed by atoms with E-state index >= 15 is 0 Å². The zero-order valence-electron chi connectivity index (χ0n) is 12.7. The summed E-state index contributed by atoms with van der Waals surface area (Å²) in [7, 11) is 0. The van der Waals surface area contributed by atoms with Gasteiger partial charge in [-0.1, -0.05) is 66.2 Å². The summed E-state index contributed by atoms with van der Waals surface area (Å²) in [6, 6.07) is 0. The molecule has 0 rings (SSSR count). The Morgan fingerprint density at radius 3 is 1.72 bits per heavy atom. The molecule has 0 spiro atoms. The van der Waals surface area contributed by atoms with Crippen LogP contribution in [0.4, 0.5) is 0 Å². The number of hydrogen-bond acceptors (Lipinski definition) is 1. The molecule has 0 saturated heterocycles. The fourth-order valence-corrected chi connectivity index (χ4v) is 2.35. The fraction of sp³-hybridized carbons (Fsp3) is 0.938. The highest BCUT2D eigenvalue weighted by Gasteiger charge is 2.07. The van der Waals surface area contributed by atoms with Crippen molar-refractivity contribution in [3.8, 4) is 0 Å². The predicted octanol–water partition coefficient (Wildman–Crippen LogP) is 5.12. The molecular formula is C16H32O2. The third-order valence-corrected chi connectivity index (χ3v) is 3.72. The van der Waals surface area contributed by atoms with Gasteiger partial charge in [-0.25, -0.2) is 0 Å². The van der Waals surface area contributed by atoms with E-state index in [1.165, 1.54) is 38.5 Å². The Morgan fingerprint density at radius 2 is 1.28 bits per heavy atom. The monoisotopic (exact) mass is 256 g/mol. The van der Waals surface area contributed by atoms with Gasteiger partial charge >= 0.3 is 5.97 Å². The van der Waals surface area contributed by atoms with Crippen molar-refractivity contribution in [2.45, 2.75) is 79.1 Å². The fourth-order valence-electron chi connectivity index (χ4n) is 2.35. The van der Waals surface area contributed by atoms with E-state index < -0.39 is 5.97 Å². The molecule has 0 heterocycles. The van der Waals surface area contributed by atoms with Gasteiger partial charge in [0.1, 0.15) is 0 Å². The van der Waals surface area contributed by atoms with Crippen molar-refractivity contribution in [1.29, 1.82) is 0 Å². The van der Waals surface area contributed by atoms with Crippen LogP contribution in [0.15, 0.2) is 0 Å². The van der Waals surface area contributed by atoms with Crippen molar-refractivity contribution < 1.29 is 9.90 Å². The lowest BCUT2D eigenvalue weighted by molar-refractivity contribution is -0.137. The lowest BCUT2D eigenvalue weighted by atomic mass is 9.92. The number of carbonyl (C=O) groups is 1. The van der Waals surface area contributed by atoms with Crippen LogP contribution in [0.25, 0.3) is 0 Å². The summed E-state index contributed by atoms with van der Waals surface area (Å²) in [6.45, 7) is 9.10. The normalized spacial score (nSPS) is 14.7. The Bertz CT molecular complexity index is 211. The summed E-state index contributed by atoms with van der Waals surface area (Å²) < 4.78 is 0. The molecule has 0 aliphatic heterocycles. The van der Waals surface area contributed by atoms with Gasteiger partial charge in [0.2, 0.25) is 0 Å². The van der Waals surface area contributed by atoms with Crippen molar-refractivity contribution in [1.82, 2.24) is 0 Å². The van der Waals surface area contributed by atoms with Crippen LogP contribution in [0.1, 0.15) is 79.1 Å². The van der Waals surface area contributed by atoms with Crippen LogP contribution in [-0.4, -0.2) is 11.1 Å². The first-order chi connectivity index (χ1) is 8.41.